The second-order valence-electron chi connectivity index (χ2n) is 6.39. The summed E-state index contributed by atoms with van der Waals surface area (Å²) >= 11 is 17.1. The Hall–Kier alpha value is -2.02. The molecule has 2 rings (SSSR count). The van der Waals surface area contributed by atoms with Gasteiger partial charge in [0.2, 0.25) is 5.91 Å². The van der Waals surface area contributed by atoms with Crippen molar-refractivity contribution in [3.63, 3.8) is 0 Å². The minimum atomic E-state index is -0.194. The van der Waals surface area contributed by atoms with Gasteiger partial charge in [-0.05, 0) is 62.3 Å². The first kappa shape index (κ1) is 23.3. The van der Waals surface area contributed by atoms with Crippen LogP contribution in [0.5, 0.6) is 11.5 Å². The molecule has 0 aliphatic rings. The lowest BCUT2D eigenvalue weighted by atomic mass is 10.3. The predicted molar refractivity (Wildman–Crippen MR) is 122 cm³/mol. The van der Waals surface area contributed by atoms with Gasteiger partial charge >= 0.3 is 0 Å². The van der Waals surface area contributed by atoms with E-state index >= 15 is 0 Å². The Morgan fingerprint density at radius 3 is 2.72 bits per heavy atom. The van der Waals surface area contributed by atoms with Gasteiger partial charge in [0.1, 0.15) is 11.5 Å². The highest BCUT2D eigenvalue weighted by Gasteiger charge is 2.08. The normalized spacial score (nSPS) is 11.4. The summed E-state index contributed by atoms with van der Waals surface area (Å²) in [6.45, 7) is 4.42. The Labute approximate surface area is 186 Å². The van der Waals surface area contributed by atoms with E-state index in [0.29, 0.717) is 28.8 Å². The second kappa shape index (κ2) is 11.9. The van der Waals surface area contributed by atoms with Gasteiger partial charge < -0.3 is 20.1 Å². The lowest BCUT2D eigenvalue weighted by Gasteiger charge is -2.14. The van der Waals surface area contributed by atoms with E-state index < -0.39 is 0 Å². The Kier molecular flexibility index (Phi) is 9.51. The van der Waals surface area contributed by atoms with E-state index in [4.69, 9.17) is 44.9 Å². The minimum Gasteiger partial charge on any atom is -0.492 e. The molecule has 0 spiro atoms. The van der Waals surface area contributed by atoms with Gasteiger partial charge in [-0.2, -0.15) is 0 Å². The smallest absolute Gasteiger partial charge is 0.226 e. The monoisotopic (exact) mass is 454 g/mol. The molecule has 0 aromatic heterocycles. The number of halogens is 2. The molecule has 5 nitrogen and oxygen atoms in total. The van der Waals surface area contributed by atoms with Gasteiger partial charge in [0, 0.05) is 23.2 Å². The first-order valence-electron chi connectivity index (χ1n) is 9.32. The Morgan fingerprint density at radius 1 is 1.21 bits per heavy atom. The highest BCUT2D eigenvalue weighted by Crippen LogP contribution is 2.27. The third kappa shape index (κ3) is 8.48. The van der Waals surface area contributed by atoms with Crippen LogP contribution in [0, 0.1) is 0 Å². The molecule has 2 N–H and O–H groups in total. The topological polar surface area (TPSA) is 59.6 Å². The molecule has 0 aliphatic heterocycles. The summed E-state index contributed by atoms with van der Waals surface area (Å²) in [5.74, 6) is 1.09. The lowest BCUT2D eigenvalue weighted by molar-refractivity contribution is -0.119. The first-order chi connectivity index (χ1) is 13.9. The van der Waals surface area contributed by atoms with E-state index in [-0.39, 0.29) is 23.5 Å². The van der Waals surface area contributed by atoms with E-state index in [0.717, 1.165) is 17.9 Å². The molecule has 0 aliphatic carbocycles. The van der Waals surface area contributed by atoms with Gasteiger partial charge in [-0.15, -0.1) is 0 Å². The molecule has 1 atom stereocenters. The molecule has 0 bridgehead atoms. The molecule has 29 heavy (non-hydrogen) atoms. The van der Waals surface area contributed by atoms with Crippen LogP contribution >= 0.6 is 35.4 Å². The van der Waals surface area contributed by atoms with Gasteiger partial charge in [-0.25, -0.2) is 0 Å². The number of carbonyl (C=O) groups excluding carboxylic acids is 1. The van der Waals surface area contributed by atoms with Gasteiger partial charge in [-0.1, -0.05) is 36.2 Å². The fraction of sp³-hybridized carbons (Fsp3) is 0.333. The SMILES string of the molecule is CCC(C)Oc1cccc(NC(=S)NC(=O)CCCOc2ccc(Cl)cc2Cl)c1. The largest absolute Gasteiger partial charge is 0.492 e. The van der Waals surface area contributed by atoms with Crippen LogP contribution in [0.1, 0.15) is 33.1 Å². The summed E-state index contributed by atoms with van der Waals surface area (Å²) in [5, 5.41) is 6.86. The van der Waals surface area contributed by atoms with E-state index in [1.165, 1.54) is 0 Å². The number of carbonyl (C=O) groups is 1. The number of anilines is 1. The number of ether oxygens (including phenoxy) is 2. The van der Waals surface area contributed by atoms with Crippen molar-refractivity contribution in [3.8, 4) is 11.5 Å². The van der Waals surface area contributed by atoms with Crippen molar-refractivity contribution in [2.45, 2.75) is 39.2 Å². The number of nitrogens with one attached hydrogen (secondary N) is 2. The van der Waals surface area contributed by atoms with Crippen LogP contribution in [-0.4, -0.2) is 23.7 Å². The standard InChI is InChI=1S/C21H24Cl2N2O3S/c1-3-14(2)28-17-7-4-6-16(13-17)24-21(29)25-20(26)8-5-11-27-19-10-9-15(22)12-18(19)23/h4,6-7,9-10,12-14H,3,5,8,11H2,1-2H3,(H2,24,25,26,29). The fourth-order valence-corrected chi connectivity index (χ4v) is 3.02. The van der Waals surface area contributed by atoms with Gasteiger partial charge in [0.25, 0.3) is 0 Å². The summed E-state index contributed by atoms with van der Waals surface area (Å²) < 4.78 is 11.3. The number of thiocarbonyl (C=S) groups is 1. The molecular weight excluding hydrogens is 431 g/mol. The van der Waals surface area contributed by atoms with Gasteiger partial charge in [0.15, 0.2) is 5.11 Å². The van der Waals surface area contributed by atoms with Crippen molar-refractivity contribution in [3.05, 3.63) is 52.5 Å². The summed E-state index contributed by atoms with van der Waals surface area (Å²) in [5.41, 5.74) is 0.747. The van der Waals surface area contributed by atoms with E-state index in [9.17, 15) is 4.79 Å². The molecule has 0 saturated carbocycles. The average Bonchev–Trinajstić information content (AvgIpc) is 2.66. The summed E-state index contributed by atoms with van der Waals surface area (Å²) in [6.07, 6.45) is 1.83. The summed E-state index contributed by atoms with van der Waals surface area (Å²) in [4.78, 5) is 12.1. The number of rotatable bonds is 9. The van der Waals surface area contributed by atoms with Crippen LogP contribution < -0.4 is 20.1 Å². The lowest BCUT2D eigenvalue weighted by Crippen LogP contribution is -2.34. The van der Waals surface area contributed by atoms with Crippen molar-refractivity contribution < 1.29 is 14.3 Å². The summed E-state index contributed by atoms with van der Waals surface area (Å²) in [7, 11) is 0. The van der Waals surface area contributed by atoms with Gasteiger partial charge in [-0.3, -0.25) is 4.79 Å². The van der Waals surface area contributed by atoms with E-state index in [2.05, 4.69) is 17.6 Å². The number of hydrogen-bond donors (Lipinski definition) is 2. The molecule has 2 aromatic rings. The quantitative estimate of drug-likeness (QED) is 0.367. The van der Waals surface area contributed by atoms with Crippen LogP contribution in [0.2, 0.25) is 10.0 Å². The van der Waals surface area contributed by atoms with E-state index in [1.54, 1.807) is 18.2 Å². The Balaban J connectivity index is 1.72. The maximum absolute atomic E-state index is 12.1. The van der Waals surface area contributed by atoms with Crippen LogP contribution in [0.4, 0.5) is 5.69 Å². The molecule has 1 unspecified atom stereocenters. The molecule has 0 fully saturated rings. The summed E-state index contributed by atoms with van der Waals surface area (Å²) in [6, 6.07) is 12.4. The predicted octanol–water partition coefficient (Wildman–Crippen LogP) is 5.84. The third-order valence-corrected chi connectivity index (χ3v) is 4.69. The zero-order valence-electron chi connectivity index (χ0n) is 16.3. The number of benzene rings is 2. The molecule has 156 valence electrons. The molecule has 2 aromatic carbocycles. The third-order valence-electron chi connectivity index (χ3n) is 3.96. The van der Waals surface area contributed by atoms with Crippen LogP contribution in [0.3, 0.4) is 0 Å². The zero-order valence-corrected chi connectivity index (χ0v) is 18.7. The van der Waals surface area contributed by atoms with Crippen molar-refractivity contribution in [2.24, 2.45) is 0 Å². The molecule has 1 amide bonds. The van der Waals surface area contributed by atoms with Crippen molar-refractivity contribution in [1.82, 2.24) is 5.32 Å². The zero-order chi connectivity index (χ0) is 21.2. The molecule has 0 radical (unpaired) electrons. The maximum Gasteiger partial charge on any atom is 0.226 e. The minimum absolute atomic E-state index is 0.127. The molecule has 8 heteroatoms. The van der Waals surface area contributed by atoms with Crippen LogP contribution in [0.25, 0.3) is 0 Å². The van der Waals surface area contributed by atoms with E-state index in [1.807, 2.05) is 31.2 Å². The fourth-order valence-electron chi connectivity index (χ4n) is 2.32. The van der Waals surface area contributed by atoms with Crippen LogP contribution in [-0.2, 0) is 4.79 Å². The Morgan fingerprint density at radius 2 is 2.00 bits per heavy atom. The molecular formula is C21H24Cl2N2O3S. The van der Waals surface area contributed by atoms with Crippen molar-refractivity contribution in [2.75, 3.05) is 11.9 Å². The van der Waals surface area contributed by atoms with Crippen LogP contribution in [0.15, 0.2) is 42.5 Å². The highest BCUT2D eigenvalue weighted by atomic mass is 35.5. The van der Waals surface area contributed by atoms with Crippen molar-refractivity contribution in [1.29, 1.82) is 0 Å². The Bertz CT molecular complexity index is 848. The number of amides is 1. The second-order valence-corrected chi connectivity index (χ2v) is 7.65. The maximum atomic E-state index is 12.1. The first-order valence-corrected chi connectivity index (χ1v) is 10.5. The van der Waals surface area contributed by atoms with Gasteiger partial charge in [0.05, 0.1) is 17.7 Å². The number of hydrogen-bond acceptors (Lipinski definition) is 4. The molecule has 0 saturated heterocycles. The molecule has 0 heterocycles. The average molecular weight is 455 g/mol. The van der Waals surface area contributed by atoms with Crippen molar-refractivity contribution >= 4 is 52.1 Å². The highest BCUT2D eigenvalue weighted by molar-refractivity contribution is 7.80.